The average Bonchev–Trinajstić information content (AvgIpc) is 3.13. The zero-order chi connectivity index (χ0) is 24.2. The molecule has 182 valence electrons. The number of methoxy groups -OCH3 is 1. The van der Waals surface area contributed by atoms with Gasteiger partial charge in [0.2, 0.25) is 0 Å². The molecule has 0 amide bonds. The second-order valence-electron chi connectivity index (χ2n) is 8.69. The summed E-state index contributed by atoms with van der Waals surface area (Å²) in [6.45, 7) is 7.33. The van der Waals surface area contributed by atoms with Gasteiger partial charge in [-0.3, -0.25) is 0 Å². The van der Waals surface area contributed by atoms with Gasteiger partial charge < -0.3 is 24.6 Å². The van der Waals surface area contributed by atoms with E-state index in [2.05, 4.69) is 15.8 Å². The van der Waals surface area contributed by atoms with Crippen molar-refractivity contribution in [1.82, 2.24) is 20.4 Å². The maximum absolute atomic E-state index is 6.62. The van der Waals surface area contributed by atoms with Crippen LogP contribution in [0.15, 0.2) is 22.7 Å². The van der Waals surface area contributed by atoms with Gasteiger partial charge >= 0.3 is 0 Å². The summed E-state index contributed by atoms with van der Waals surface area (Å²) in [6, 6.07) is 5.89. The quantitative estimate of drug-likeness (QED) is 0.389. The van der Waals surface area contributed by atoms with Gasteiger partial charge in [-0.25, -0.2) is 9.97 Å². The van der Waals surface area contributed by atoms with Crippen LogP contribution in [0.4, 0.5) is 5.82 Å². The van der Waals surface area contributed by atoms with Gasteiger partial charge in [0, 0.05) is 24.3 Å². The molecule has 2 aromatic heterocycles. The number of nitrogens with zero attached hydrogens (tertiary/aromatic N) is 3. The smallest absolute Gasteiger partial charge is 0.163 e. The van der Waals surface area contributed by atoms with Crippen LogP contribution in [-0.4, -0.2) is 54.6 Å². The Morgan fingerprint density at radius 3 is 2.65 bits per heavy atom. The molecule has 2 heterocycles. The molecule has 0 unspecified atom stereocenters. The third-order valence-electron chi connectivity index (χ3n) is 6.20. The Hall–Kier alpha value is -2.68. The van der Waals surface area contributed by atoms with Crippen LogP contribution in [0, 0.1) is 20.8 Å². The monoisotopic (exact) mass is 485 g/mol. The van der Waals surface area contributed by atoms with E-state index >= 15 is 0 Å². The summed E-state index contributed by atoms with van der Waals surface area (Å²) in [4.78, 5) is 9.83. The molecule has 0 spiro atoms. The summed E-state index contributed by atoms with van der Waals surface area (Å²) >= 11 is 6.62. The fourth-order valence-corrected chi connectivity index (χ4v) is 4.32. The molecule has 1 aliphatic rings. The Morgan fingerprint density at radius 2 is 1.97 bits per heavy atom. The van der Waals surface area contributed by atoms with Gasteiger partial charge in [-0.05, 0) is 71.8 Å². The maximum atomic E-state index is 6.62. The molecule has 3 aromatic rings. The molecule has 1 fully saturated rings. The van der Waals surface area contributed by atoms with Crippen molar-refractivity contribution in [3.05, 3.63) is 40.2 Å². The van der Waals surface area contributed by atoms with Gasteiger partial charge in [-0.1, -0.05) is 16.8 Å². The molecule has 0 bridgehead atoms. The summed E-state index contributed by atoms with van der Waals surface area (Å²) in [5, 5.41) is 11.4. The molecule has 1 aliphatic carbocycles. The van der Waals surface area contributed by atoms with E-state index in [9.17, 15) is 0 Å². The predicted molar refractivity (Wildman–Crippen MR) is 134 cm³/mol. The van der Waals surface area contributed by atoms with Crippen LogP contribution < -0.4 is 15.4 Å². The van der Waals surface area contributed by atoms with E-state index in [1.807, 2.05) is 46.0 Å². The van der Waals surface area contributed by atoms with Crippen LogP contribution in [0.3, 0.4) is 0 Å². The van der Waals surface area contributed by atoms with Crippen LogP contribution >= 0.6 is 11.6 Å². The fourth-order valence-electron chi connectivity index (χ4n) is 4.12. The number of rotatable bonds is 10. The van der Waals surface area contributed by atoms with Crippen LogP contribution in [-0.2, 0) is 4.74 Å². The van der Waals surface area contributed by atoms with Gasteiger partial charge in [0.25, 0.3) is 0 Å². The lowest BCUT2D eigenvalue weighted by molar-refractivity contribution is 0.0328. The molecule has 0 saturated heterocycles. The van der Waals surface area contributed by atoms with Crippen molar-refractivity contribution in [3.8, 4) is 28.4 Å². The van der Waals surface area contributed by atoms with Crippen LogP contribution in [0.1, 0.15) is 36.3 Å². The maximum Gasteiger partial charge on any atom is 0.163 e. The van der Waals surface area contributed by atoms with E-state index in [0.717, 1.165) is 59.9 Å². The van der Waals surface area contributed by atoms with E-state index in [1.54, 1.807) is 7.11 Å². The van der Waals surface area contributed by atoms with Crippen molar-refractivity contribution in [2.75, 3.05) is 32.6 Å². The van der Waals surface area contributed by atoms with Gasteiger partial charge in [0.05, 0.1) is 34.7 Å². The van der Waals surface area contributed by atoms with Crippen LogP contribution in [0.5, 0.6) is 5.75 Å². The Morgan fingerprint density at radius 1 is 1.18 bits per heavy atom. The summed E-state index contributed by atoms with van der Waals surface area (Å²) in [5.74, 6) is 2.74. The summed E-state index contributed by atoms with van der Waals surface area (Å²) < 4.78 is 16.8. The average molecular weight is 486 g/mol. The Kier molecular flexibility index (Phi) is 7.70. The predicted octanol–water partition coefficient (Wildman–Crippen LogP) is 4.95. The minimum Gasteiger partial charge on any atom is -0.494 e. The van der Waals surface area contributed by atoms with Crippen molar-refractivity contribution < 1.29 is 14.0 Å². The van der Waals surface area contributed by atoms with E-state index in [-0.39, 0.29) is 6.10 Å². The summed E-state index contributed by atoms with van der Waals surface area (Å²) in [5.41, 5.74) is 4.10. The van der Waals surface area contributed by atoms with E-state index in [0.29, 0.717) is 34.8 Å². The highest BCUT2D eigenvalue weighted by Crippen LogP contribution is 2.37. The topological polar surface area (TPSA) is 94.3 Å². The lowest BCUT2D eigenvalue weighted by atomic mass is 9.89. The molecule has 0 atom stereocenters. The Bertz CT molecular complexity index is 1120. The number of hydrogen-bond acceptors (Lipinski definition) is 8. The van der Waals surface area contributed by atoms with Gasteiger partial charge in [-0.15, -0.1) is 0 Å². The first-order chi connectivity index (χ1) is 16.4. The molecule has 0 radical (unpaired) electrons. The number of halogens is 1. The SMILES string of the molecule is CNCCCOc1ccc(Cl)c(-c2nc(NC3CC(OC)C3)c(C)c(-c3c(C)noc3C)n2)c1. The van der Waals surface area contributed by atoms with E-state index < -0.39 is 0 Å². The first kappa shape index (κ1) is 24.4. The molecular formula is C25H32ClN5O3. The number of nitrogens with one attached hydrogen (secondary N) is 2. The summed E-state index contributed by atoms with van der Waals surface area (Å²) in [6.07, 6.45) is 3.07. The zero-order valence-corrected chi connectivity index (χ0v) is 21.1. The van der Waals surface area contributed by atoms with Crippen LogP contribution in [0.2, 0.25) is 5.02 Å². The Labute approximate surface area is 205 Å². The molecule has 2 N–H and O–H groups in total. The van der Waals surface area contributed by atoms with Gasteiger partial charge in [0.1, 0.15) is 17.3 Å². The Balaban J connectivity index is 1.73. The lowest BCUT2D eigenvalue weighted by Crippen LogP contribution is -2.40. The second kappa shape index (κ2) is 10.7. The molecule has 9 heteroatoms. The fraction of sp³-hybridized carbons (Fsp3) is 0.480. The molecule has 1 saturated carbocycles. The number of benzene rings is 1. The highest BCUT2D eigenvalue weighted by Gasteiger charge is 2.30. The normalized spacial score (nSPS) is 17.5. The van der Waals surface area contributed by atoms with E-state index in [4.69, 9.17) is 35.6 Å². The molecule has 34 heavy (non-hydrogen) atoms. The third-order valence-corrected chi connectivity index (χ3v) is 6.53. The third kappa shape index (κ3) is 5.19. The number of aryl methyl sites for hydroxylation is 2. The molecule has 0 aliphatic heterocycles. The van der Waals surface area contributed by atoms with Crippen molar-refractivity contribution in [1.29, 1.82) is 0 Å². The number of ether oxygens (including phenoxy) is 2. The highest BCUT2D eigenvalue weighted by molar-refractivity contribution is 6.33. The van der Waals surface area contributed by atoms with E-state index in [1.165, 1.54) is 0 Å². The highest BCUT2D eigenvalue weighted by atomic mass is 35.5. The molecular weight excluding hydrogens is 454 g/mol. The standard InChI is InChI=1S/C25H32ClN5O3/c1-14-23(22-15(2)31-34-16(22)3)29-25(30-24(14)28-17-11-19(12-17)32-5)20-13-18(7-8-21(20)26)33-10-6-9-27-4/h7-8,13,17,19,27H,6,9-12H2,1-5H3,(H,28,29,30). The molecule has 4 rings (SSSR count). The number of anilines is 1. The largest absolute Gasteiger partial charge is 0.494 e. The first-order valence-corrected chi connectivity index (χ1v) is 12.0. The van der Waals surface area contributed by atoms with Crippen molar-refractivity contribution in [2.24, 2.45) is 0 Å². The zero-order valence-electron chi connectivity index (χ0n) is 20.4. The first-order valence-electron chi connectivity index (χ1n) is 11.6. The molecule has 1 aromatic carbocycles. The minimum atomic E-state index is 0.285. The second-order valence-corrected chi connectivity index (χ2v) is 9.09. The number of hydrogen-bond donors (Lipinski definition) is 2. The van der Waals surface area contributed by atoms with Crippen molar-refractivity contribution >= 4 is 17.4 Å². The van der Waals surface area contributed by atoms with Crippen LogP contribution in [0.25, 0.3) is 22.6 Å². The van der Waals surface area contributed by atoms with Gasteiger partial charge in [0.15, 0.2) is 5.82 Å². The number of aromatic nitrogens is 3. The molecule has 8 nitrogen and oxygen atoms in total. The minimum absolute atomic E-state index is 0.285. The summed E-state index contributed by atoms with van der Waals surface area (Å²) in [7, 11) is 3.68. The van der Waals surface area contributed by atoms with Gasteiger partial charge in [-0.2, -0.15) is 0 Å². The van der Waals surface area contributed by atoms with Crippen molar-refractivity contribution in [3.63, 3.8) is 0 Å². The van der Waals surface area contributed by atoms with Crippen molar-refractivity contribution in [2.45, 2.75) is 52.2 Å². The lowest BCUT2D eigenvalue weighted by Gasteiger charge is -2.35.